The highest BCUT2D eigenvalue weighted by Crippen LogP contribution is 2.28. The molecule has 3 rings (SSSR count). The number of aliphatic imine (C=N–C) groups is 2. The number of ether oxygens (including phenoxy) is 1. The van der Waals surface area contributed by atoms with E-state index in [1.807, 2.05) is 55.1 Å². The zero-order valence-electron chi connectivity index (χ0n) is 16.3. The first-order valence-electron chi connectivity index (χ1n) is 9.08. The van der Waals surface area contributed by atoms with Crippen LogP contribution in [0.25, 0.3) is 0 Å². The fourth-order valence-corrected chi connectivity index (χ4v) is 3.17. The minimum absolute atomic E-state index is 0.193. The van der Waals surface area contributed by atoms with E-state index >= 15 is 0 Å². The summed E-state index contributed by atoms with van der Waals surface area (Å²) in [6.45, 7) is 8.70. The van der Waals surface area contributed by atoms with Crippen LogP contribution in [0.3, 0.4) is 0 Å². The van der Waals surface area contributed by atoms with Gasteiger partial charge in [-0.05, 0) is 55.2 Å². The highest BCUT2D eigenvalue weighted by molar-refractivity contribution is 6.05. The third-order valence-electron chi connectivity index (χ3n) is 4.49. The summed E-state index contributed by atoms with van der Waals surface area (Å²) in [6, 6.07) is 16.2. The molecule has 6 heteroatoms. The third-order valence-corrected chi connectivity index (χ3v) is 4.49. The van der Waals surface area contributed by atoms with E-state index in [0.29, 0.717) is 18.5 Å². The number of rotatable bonds is 5. The van der Waals surface area contributed by atoms with Crippen molar-refractivity contribution >= 4 is 17.6 Å². The van der Waals surface area contributed by atoms with Gasteiger partial charge in [0.25, 0.3) is 0 Å². The second-order valence-electron chi connectivity index (χ2n) is 7.46. The summed E-state index contributed by atoms with van der Waals surface area (Å²) in [4.78, 5) is 10.4. The topological polar surface area (TPSA) is 89.2 Å². The molecule has 0 radical (unpaired) electrons. The molecule has 0 bridgehead atoms. The minimum Gasteiger partial charge on any atom is -0.489 e. The van der Waals surface area contributed by atoms with Crippen LogP contribution in [0.15, 0.2) is 58.5 Å². The Morgan fingerprint density at radius 2 is 1.81 bits per heavy atom. The number of nitrogens with zero attached hydrogens (tertiary/aromatic N) is 3. The molecule has 6 nitrogen and oxygen atoms in total. The van der Waals surface area contributed by atoms with E-state index in [-0.39, 0.29) is 5.96 Å². The maximum Gasteiger partial charge on any atom is 0.220 e. The van der Waals surface area contributed by atoms with Gasteiger partial charge in [0.1, 0.15) is 18.0 Å². The Hall–Kier alpha value is -3.02. The first kappa shape index (κ1) is 18.8. The van der Waals surface area contributed by atoms with E-state index in [9.17, 15) is 0 Å². The van der Waals surface area contributed by atoms with Crippen LogP contribution in [0.1, 0.15) is 44.7 Å². The van der Waals surface area contributed by atoms with Crippen molar-refractivity contribution in [3.05, 3.63) is 59.7 Å². The molecule has 2 aromatic rings. The zero-order valence-corrected chi connectivity index (χ0v) is 16.3. The number of nitrogens with two attached hydrogens (primary N) is 2. The van der Waals surface area contributed by atoms with Gasteiger partial charge in [-0.1, -0.05) is 38.1 Å². The molecule has 0 saturated carbocycles. The van der Waals surface area contributed by atoms with Crippen LogP contribution in [0, 0.1) is 0 Å². The predicted molar refractivity (Wildman–Crippen MR) is 111 cm³/mol. The fourth-order valence-electron chi connectivity index (χ4n) is 3.17. The van der Waals surface area contributed by atoms with Gasteiger partial charge in [0.2, 0.25) is 11.9 Å². The van der Waals surface area contributed by atoms with Crippen molar-refractivity contribution in [2.24, 2.45) is 21.5 Å². The van der Waals surface area contributed by atoms with E-state index in [0.717, 1.165) is 17.0 Å². The summed E-state index contributed by atoms with van der Waals surface area (Å²) in [6.07, 6.45) is 0. The van der Waals surface area contributed by atoms with Crippen molar-refractivity contribution in [2.45, 2.75) is 45.9 Å². The standard InChI is InChI=1S/C21H27N5O/c1-14(2)16-8-6-10-18(12-16)27-13-15-7-5-9-17(11-15)26-20(23)24-19(22)25-21(26,3)4/h5-12,14H,13H2,1-4H3,(H4,22,23,24,25). The van der Waals surface area contributed by atoms with E-state index in [4.69, 9.17) is 16.2 Å². The van der Waals surface area contributed by atoms with Gasteiger partial charge in [0.05, 0.1) is 0 Å². The highest BCUT2D eigenvalue weighted by Gasteiger charge is 2.32. The molecule has 0 aliphatic carbocycles. The van der Waals surface area contributed by atoms with Crippen molar-refractivity contribution in [3.63, 3.8) is 0 Å². The molecule has 27 heavy (non-hydrogen) atoms. The Labute approximate surface area is 160 Å². The number of guanidine groups is 2. The van der Waals surface area contributed by atoms with E-state index < -0.39 is 5.66 Å². The monoisotopic (exact) mass is 365 g/mol. The third kappa shape index (κ3) is 4.22. The Balaban J connectivity index is 1.78. The van der Waals surface area contributed by atoms with Crippen LogP contribution in [-0.4, -0.2) is 17.6 Å². The van der Waals surface area contributed by atoms with E-state index in [2.05, 4.69) is 36.0 Å². The van der Waals surface area contributed by atoms with E-state index in [1.54, 1.807) is 0 Å². The normalized spacial score (nSPS) is 16.1. The summed E-state index contributed by atoms with van der Waals surface area (Å²) >= 11 is 0. The van der Waals surface area contributed by atoms with Crippen LogP contribution in [0.5, 0.6) is 5.75 Å². The molecule has 142 valence electrons. The van der Waals surface area contributed by atoms with Gasteiger partial charge in [0.15, 0.2) is 0 Å². The molecule has 2 aromatic carbocycles. The van der Waals surface area contributed by atoms with Gasteiger partial charge in [-0.2, -0.15) is 4.99 Å². The smallest absolute Gasteiger partial charge is 0.220 e. The zero-order chi connectivity index (χ0) is 19.6. The van der Waals surface area contributed by atoms with Crippen LogP contribution in [-0.2, 0) is 6.61 Å². The minimum atomic E-state index is -0.610. The van der Waals surface area contributed by atoms with Crippen LogP contribution < -0.4 is 21.1 Å². The van der Waals surface area contributed by atoms with E-state index in [1.165, 1.54) is 5.56 Å². The molecule has 0 saturated heterocycles. The van der Waals surface area contributed by atoms with Gasteiger partial charge < -0.3 is 16.2 Å². The molecule has 0 spiro atoms. The number of hydrogen-bond donors (Lipinski definition) is 2. The molecule has 0 fully saturated rings. The molecule has 1 aliphatic rings. The first-order valence-corrected chi connectivity index (χ1v) is 9.08. The lowest BCUT2D eigenvalue weighted by Crippen LogP contribution is -2.54. The Morgan fingerprint density at radius 3 is 2.52 bits per heavy atom. The molecule has 0 atom stereocenters. The van der Waals surface area contributed by atoms with Gasteiger partial charge in [-0.15, -0.1) is 0 Å². The predicted octanol–water partition coefficient (Wildman–Crippen LogP) is 3.57. The molecular formula is C21H27N5O. The molecule has 1 heterocycles. The summed E-state index contributed by atoms with van der Waals surface area (Å²) in [7, 11) is 0. The fraction of sp³-hybridized carbons (Fsp3) is 0.333. The maximum atomic E-state index is 6.12. The summed E-state index contributed by atoms with van der Waals surface area (Å²) in [5.74, 6) is 1.85. The molecule has 1 aliphatic heterocycles. The first-order chi connectivity index (χ1) is 12.8. The number of anilines is 1. The van der Waals surface area contributed by atoms with Crippen LogP contribution in [0.2, 0.25) is 0 Å². The molecule has 0 amide bonds. The van der Waals surface area contributed by atoms with Crippen molar-refractivity contribution in [1.29, 1.82) is 0 Å². The summed E-state index contributed by atoms with van der Waals surface area (Å²) in [5.41, 5.74) is 14.5. The Morgan fingerprint density at radius 1 is 1.07 bits per heavy atom. The average molecular weight is 365 g/mol. The second kappa shape index (κ2) is 7.31. The van der Waals surface area contributed by atoms with Gasteiger partial charge in [-0.3, -0.25) is 4.90 Å². The second-order valence-corrected chi connectivity index (χ2v) is 7.46. The van der Waals surface area contributed by atoms with Gasteiger partial charge in [0, 0.05) is 5.69 Å². The SMILES string of the molecule is CC(C)c1cccc(OCc2cccc(N3C(N)=NC(N)=NC3(C)C)c2)c1. The highest BCUT2D eigenvalue weighted by atomic mass is 16.5. The van der Waals surface area contributed by atoms with Gasteiger partial charge in [-0.25, -0.2) is 4.99 Å². The average Bonchev–Trinajstić information content (AvgIpc) is 2.59. The van der Waals surface area contributed by atoms with Gasteiger partial charge >= 0.3 is 0 Å². The molecular weight excluding hydrogens is 338 g/mol. The largest absolute Gasteiger partial charge is 0.489 e. The van der Waals surface area contributed by atoms with Crippen molar-refractivity contribution in [3.8, 4) is 5.75 Å². The molecule has 0 aromatic heterocycles. The van der Waals surface area contributed by atoms with Crippen LogP contribution in [0.4, 0.5) is 5.69 Å². The van der Waals surface area contributed by atoms with Crippen LogP contribution >= 0.6 is 0 Å². The summed E-state index contributed by atoms with van der Waals surface area (Å²) < 4.78 is 5.99. The van der Waals surface area contributed by atoms with Crippen molar-refractivity contribution < 1.29 is 4.74 Å². The Bertz CT molecular complexity index is 886. The maximum absolute atomic E-state index is 6.12. The van der Waals surface area contributed by atoms with Crippen molar-refractivity contribution in [1.82, 2.24) is 0 Å². The quantitative estimate of drug-likeness (QED) is 0.847. The lowest BCUT2D eigenvalue weighted by Gasteiger charge is -2.38. The lowest BCUT2D eigenvalue weighted by molar-refractivity contribution is 0.306. The number of hydrogen-bond acceptors (Lipinski definition) is 6. The molecule has 4 N–H and O–H groups in total. The van der Waals surface area contributed by atoms with Crippen molar-refractivity contribution in [2.75, 3.05) is 4.90 Å². The Kier molecular flexibility index (Phi) is 5.08. The lowest BCUT2D eigenvalue weighted by atomic mass is 10.0. The number of benzene rings is 2. The molecule has 0 unspecified atom stereocenters. The summed E-state index contributed by atoms with van der Waals surface area (Å²) in [5, 5.41) is 0.